The zero-order valence-corrected chi connectivity index (χ0v) is 15.2. The standard InChI is InChI=1S/C21H22O7/c1-2-19(22)27-14-4-3-13-26-17-9-7-16(8-10-17)21(25)28-18-11-5-15(6-12-18)20(23)24/h2,5-12,21,25H,1,3-4,13-14H2,(H,23,24). The van der Waals surface area contributed by atoms with Crippen molar-refractivity contribution in [1.82, 2.24) is 0 Å². The van der Waals surface area contributed by atoms with Gasteiger partial charge in [-0.25, -0.2) is 9.59 Å². The van der Waals surface area contributed by atoms with Gasteiger partial charge in [-0.05, 0) is 61.4 Å². The van der Waals surface area contributed by atoms with E-state index in [0.717, 1.165) is 12.5 Å². The van der Waals surface area contributed by atoms with Crippen LogP contribution in [0, 0.1) is 0 Å². The molecule has 0 aliphatic carbocycles. The SMILES string of the molecule is C=CC(=O)OCCCCOc1ccc(C(O)Oc2ccc(C(=O)O)cc2)cc1. The van der Waals surface area contributed by atoms with Crippen LogP contribution in [-0.4, -0.2) is 35.4 Å². The molecule has 1 atom stereocenters. The first kappa shape index (κ1) is 21.0. The highest BCUT2D eigenvalue weighted by atomic mass is 16.6. The normalized spacial score (nSPS) is 11.3. The number of hydrogen-bond donors (Lipinski definition) is 2. The number of benzene rings is 2. The van der Waals surface area contributed by atoms with Crippen LogP contribution < -0.4 is 9.47 Å². The topological polar surface area (TPSA) is 102 Å². The maximum absolute atomic E-state index is 10.9. The molecule has 2 rings (SSSR count). The van der Waals surface area contributed by atoms with Crippen LogP contribution in [0.4, 0.5) is 0 Å². The molecule has 0 aromatic heterocycles. The van der Waals surface area contributed by atoms with Crippen LogP contribution in [-0.2, 0) is 9.53 Å². The quantitative estimate of drug-likeness (QED) is 0.264. The molecule has 0 radical (unpaired) electrons. The highest BCUT2D eigenvalue weighted by Gasteiger charge is 2.10. The summed E-state index contributed by atoms with van der Waals surface area (Å²) in [4.78, 5) is 21.7. The summed E-state index contributed by atoms with van der Waals surface area (Å²) >= 11 is 0. The molecule has 0 spiro atoms. The van der Waals surface area contributed by atoms with Crippen LogP contribution in [0.15, 0.2) is 61.2 Å². The number of carbonyl (C=O) groups is 2. The molecule has 0 saturated heterocycles. The third kappa shape index (κ3) is 6.77. The lowest BCUT2D eigenvalue weighted by Crippen LogP contribution is -2.07. The summed E-state index contributed by atoms with van der Waals surface area (Å²) < 4.78 is 15.9. The smallest absolute Gasteiger partial charge is 0.335 e. The summed E-state index contributed by atoms with van der Waals surface area (Å²) in [6.45, 7) is 4.12. The van der Waals surface area contributed by atoms with Crippen molar-refractivity contribution in [2.75, 3.05) is 13.2 Å². The first-order chi connectivity index (χ1) is 13.5. The molecule has 2 N–H and O–H groups in total. The molecule has 7 heteroatoms. The fourth-order valence-electron chi connectivity index (χ4n) is 2.23. The Labute approximate surface area is 162 Å². The molecular weight excluding hydrogens is 364 g/mol. The van der Waals surface area contributed by atoms with Crippen molar-refractivity contribution in [3.8, 4) is 11.5 Å². The number of hydrogen-bond acceptors (Lipinski definition) is 6. The van der Waals surface area contributed by atoms with Gasteiger partial charge in [0.15, 0.2) is 0 Å². The Bertz CT molecular complexity index is 781. The van der Waals surface area contributed by atoms with E-state index in [0.29, 0.717) is 36.7 Å². The third-order valence-corrected chi connectivity index (χ3v) is 3.73. The molecule has 7 nitrogen and oxygen atoms in total. The van der Waals surface area contributed by atoms with Crippen molar-refractivity contribution in [3.05, 3.63) is 72.3 Å². The molecular formula is C21H22O7. The Morgan fingerprint density at radius 3 is 2.18 bits per heavy atom. The van der Waals surface area contributed by atoms with E-state index in [1.807, 2.05) is 0 Å². The van der Waals surface area contributed by atoms with Gasteiger partial charge >= 0.3 is 11.9 Å². The third-order valence-electron chi connectivity index (χ3n) is 3.73. The van der Waals surface area contributed by atoms with Crippen LogP contribution >= 0.6 is 0 Å². The lowest BCUT2D eigenvalue weighted by molar-refractivity contribution is -0.137. The van der Waals surface area contributed by atoms with Crippen LogP contribution in [0.25, 0.3) is 0 Å². The van der Waals surface area contributed by atoms with Crippen molar-refractivity contribution in [2.24, 2.45) is 0 Å². The lowest BCUT2D eigenvalue weighted by atomic mass is 10.2. The molecule has 0 aliphatic rings. The number of carboxylic acid groups (broad SMARTS) is 1. The summed E-state index contributed by atoms with van der Waals surface area (Å²) in [5, 5.41) is 19.0. The Kier molecular flexibility index (Phi) is 8.05. The lowest BCUT2D eigenvalue weighted by Gasteiger charge is -2.14. The monoisotopic (exact) mass is 386 g/mol. The summed E-state index contributed by atoms with van der Waals surface area (Å²) in [7, 11) is 0. The van der Waals surface area contributed by atoms with E-state index in [-0.39, 0.29) is 5.56 Å². The first-order valence-corrected chi connectivity index (χ1v) is 8.69. The van der Waals surface area contributed by atoms with Crippen molar-refractivity contribution < 1.29 is 34.0 Å². The first-order valence-electron chi connectivity index (χ1n) is 8.69. The van der Waals surface area contributed by atoms with E-state index in [1.54, 1.807) is 24.3 Å². The van der Waals surface area contributed by atoms with Gasteiger partial charge in [-0.15, -0.1) is 0 Å². The fourth-order valence-corrected chi connectivity index (χ4v) is 2.23. The van der Waals surface area contributed by atoms with E-state index in [2.05, 4.69) is 6.58 Å². The van der Waals surface area contributed by atoms with Crippen LogP contribution in [0.5, 0.6) is 11.5 Å². The van der Waals surface area contributed by atoms with Gasteiger partial charge in [0.25, 0.3) is 0 Å². The van der Waals surface area contributed by atoms with E-state index in [1.165, 1.54) is 24.3 Å². The van der Waals surface area contributed by atoms with Crippen LogP contribution in [0.2, 0.25) is 0 Å². The number of aliphatic hydroxyl groups excluding tert-OH is 1. The average molecular weight is 386 g/mol. The molecule has 2 aromatic carbocycles. The average Bonchev–Trinajstić information content (AvgIpc) is 2.71. The van der Waals surface area contributed by atoms with Crippen molar-refractivity contribution in [3.63, 3.8) is 0 Å². The summed E-state index contributed by atoms with van der Waals surface area (Å²) in [5.74, 6) is -0.463. The van der Waals surface area contributed by atoms with Gasteiger partial charge in [-0.1, -0.05) is 6.58 Å². The summed E-state index contributed by atoms with van der Waals surface area (Å²) in [5.41, 5.74) is 0.674. The molecule has 0 fully saturated rings. The Morgan fingerprint density at radius 1 is 0.964 bits per heavy atom. The summed E-state index contributed by atoms with van der Waals surface area (Å²) in [6.07, 6.45) is 1.35. The Morgan fingerprint density at radius 2 is 1.57 bits per heavy atom. The number of aliphatic hydroxyl groups is 1. The Balaban J connectivity index is 1.75. The number of esters is 1. The molecule has 0 amide bonds. The van der Waals surface area contributed by atoms with Crippen LogP contribution in [0.3, 0.4) is 0 Å². The number of rotatable bonds is 11. The second-order valence-corrected chi connectivity index (χ2v) is 5.80. The number of aromatic carboxylic acids is 1. The second-order valence-electron chi connectivity index (χ2n) is 5.80. The highest BCUT2D eigenvalue weighted by molar-refractivity contribution is 5.87. The van der Waals surface area contributed by atoms with Crippen molar-refractivity contribution in [2.45, 2.75) is 19.1 Å². The fraction of sp³-hybridized carbons (Fsp3) is 0.238. The Hall–Kier alpha value is -3.32. The van der Waals surface area contributed by atoms with Gasteiger partial charge in [0.1, 0.15) is 11.5 Å². The predicted molar refractivity (Wildman–Crippen MR) is 101 cm³/mol. The van der Waals surface area contributed by atoms with E-state index in [4.69, 9.17) is 19.3 Å². The largest absolute Gasteiger partial charge is 0.494 e. The molecule has 28 heavy (non-hydrogen) atoms. The predicted octanol–water partition coefficient (Wildman–Crippen LogP) is 3.34. The number of carbonyl (C=O) groups excluding carboxylic acids is 1. The molecule has 1 unspecified atom stereocenters. The van der Waals surface area contributed by atoms with Gasteiger partial charge in [0.2, 0.25) is 6.29 Å². The van der Waals surface area contributed by atoms with Crippen LogP contribution in [0.1, 0.15) is 35.1 Å². The van der Waals surface area contributed by atoms with Crippen molar-refractivity contribution in [1.29, 1.82) is 0 Å². The molecule has 0 bridgehead atoms. The van der Waals surface area contributed by atoms with E-state index >= 15 is 0 Å². The maximum atomic E-state index is 10.9. The summed E-state index contributed by atoms with van der Waals surface area (Å²) in [6, 6.07) is 12.6. The van der Waals surface area contributed by atoms with Gasteiger partial charge in [-0.2, -0.15) is 0 Å². The van der Waals surface area contributed by atoms with Gasteiger partial charge in [0.05, 0.1) is 18.8 Å². The maximum Gasteiger partial charge on any atom is 0.335 e. The van der Waals surface area contributed by atoms with E-state index in [9.17, 15) is 14.7 Å². The molecule has 2 aromatic rings. The molecule has 148 valence electrons. The minimum atomic E-state index is -1.19. The van der Waals surface area contributed by atoms with Gasteiger partial charge in [0, 0.05) is 11.6 Å². The molecule has 0 saturated carbocycles. The highest BCUT2D eigenvalue weighted by Crippen LogP contribution is 2.22. The number of carboxylic acids is 1. The zero-order valence-electron chi connectivity index (χ0n) is 15.2. The van der Waals surface area contributed by atoms with Crippen molar-refractivity contribution >= 4 is 11.9 Å². The number of unbranched alkanes of at least 4 members (excludes halogenated alkanes) is 1. The van der Waals surface area contributed by atoms with Gasteiger partial charge in [-0.3, -0.25) is 0 Å². The second kappa shape index (κ2) is 10.7. The molecule has 0 aliphatic heterocycles. The minimum Gasteiger partial charge on any atom is -0.494 e. The van der Waals surface area contributed by atoms with E-state index < -0.39 is 18.2 Å². The minimum absolute atomic E-state index is 0.141. The van der Waals surface area contributed by atoms with Gasteiger partial charge < -0.3 is 24.4 Å². The molecule has 0 heterocycles. The zero-order chi connectivity index (χ0) is 20.4. The number of ether oxygens (including phenoxy) is 3.